The number of pyridine rings is 1. The number of thioether (sulfide) groups is 1. The molecule has 0 aliphatic heterocycles. The summed E-state index contributed by atoms with van der Waals surface area (Å²) in [7, 11) is 0. The Bertz CT molecular complexity index is 739. The first kappa shape index (κ1) is 18.9. The highest BCUT2D eigenvalue weighted by atomic mass is 32.2. The minimum atomic E-state index is -0.507. The first-order valence-electron chi connectivity index (χ1n) is 7.88. The van der Waals surface area contributed by atoms with Crippen molar-refractivity contribution in [1.82, 2.24) is 30.4 Å². The third-order valence-corrected chi connectivity index (χ3v) is 4.01. The number of nitrogens with one attached hydrogen (secondary N) is 2. The lowest BCUT2D eigenvalue weighted by Crippen LogP contribution is -2.48. The van der Waals surface area contributed by atoms with Gasteiger partial charge in [-0.05, 0) is 39.8 Å². The molecule has 0 aliphatic rings. The second-order valence-electron chi connectivity index (χ2n) is 6.33. The zero-order valence-corrected chi connectivity index (χ0v) is 15.6. The second kappa shape index (κ2) is 8.11. The molecule has 0 aliphatic carbocycles. The van der Waals surface area contributed by atoms with Crippen molar-refractivity contribution in [3.63, 3.8) is 0 Å². The van der Waals surface area contributed by atoms with Gasteiger partial charge in [0.25, 0.3) is 0 Å². The van der Waals surface area contributed by atoms with Gasteiger partial charge in [0.15, 0.2) is 11.0 Å². The third-order valence-electron chi connectivity index (χ3n) is 3.05. The molecule has 0 unspecified atom stereocenters. The molecule has 2 aromatic heterocycles. The molecule has 3 amide bonds. The zero-order valence-electron chi connectivity index (χ0n) is 14.7. The molecule has 0 atom stereocenters. The number of aromatic nitrogens is 4. The normalized spacial score (nSPS) is 11.2. The van der Waals surface area contributed by atoms with E-state index in [1.807, 2.05) is 44.4 Å². The van der Waals surface area contributed by atoms with Crippen molar-refractivity contribution in [3.05, 3.63) is 24.5 Å². The van der Waals surface area contributed by atoms with Gasteiger partial charge in [0.2, 0.25) is 5.91 Å². The molecule has 0 saturated carbocycles. The first-order chi connectivity index (χ1) is 11.8. The van der Waals surface area contributed by atoms with Crippen LogP contribution in [0.5, 0.6) is 0 Å². The van der Waals surface area contributed by atoms with Crippen LogP contribution in [0, 0.1) is 0 Å². The number of carbonyl (C=O) groups excluding carboxylic acids is 2. The van der Waals surface area contributed by atoms with Gasteiger partial charge in [-0.1, -0.05) is 11.8 Å². The Morgan fingerprint density at radius 1 is 1.20 bits per heavy atom. The van der Waals surface area contributed by atoms with E-state index in [-0.39, 0.29) is 11.7 Å². The lowest BCUT2D eigenvalue weighted by atomic mass is 10.1. The number of rotatable bonds is 5. The smallest absolute Gasteiger partial charge is 0.321 e. The summed E-state index contributed by atoms with van der Waals surface area (Å²) < 4.78 is 1.92. The summed E-state index contributed by atoms with van der Waals surface area (Å²) in [5, 5.41) is 14.0. The van der Waals surface area contributed by atoms with Gasteiger partial charge in [0.1, 0.15) is 0 Å². The minimum Gasteiger partial charge on any atom is -0.333 e. The van der Waals surface area contributed by atoms with E-state index in [4.69, 9.17) is 0 Å². The van der Waals surface area contributed by atoms with Gasteiger partial charge in [-0.2, -0.15) is 0 Å². The molecule has 25 heavy (non-hydrogen) atoms. The van der Waals surface area contributed by atoms with Gasteiger partial charge in [-0.15, -0.1) is 10.2 Å². The van der Waals surface area contributed by atoms with Crippen molar-refractivity contribution in [2.45, 2.75) is 44.9 Å². The van der Waals surface area contributed by atoms with Crippen molar-refractivity contribution in [2.24, 2.45) is 0 Å². The van der Waals surface area contributed by atoms with Gasteiger partial charge in [0.05, 0.1) is 5.75 Å². The number of amides is 3. The van der Waals surface area contributed by atoms with Crippen LogP contribution in [0.15, 0.2) is 29.7 Å². The third kappa shape index (κ3) is 5.56. The average Bonchev–Trinajstić information content (AvgIpc) is 2.94. The van der Waals surface area contributed by atoms with Crippen LogP contribution in [-0.4, -0.2) is 43.0 Å². The lowest BCUT2D eigenvalue weighted by molar-refractivity contribution is -0.117. The van der Waals surface area contributed by atoms with Crippen molar-refractivity contribution >= 4 is 23.7 Å². The average molecular weight is 362 g/mol. The van der Waals surface area contributed by atoms with Crippen molar-refractivity contribution in [1.29, 1.82) is 0 Å². The molecule has 0 fully saturated rings. The number of carbonyl (C=O) groups is 2. The van der Waals surface area contributed by atoms with Gasteiger partial charge >= 0.3 is 6.03 Å². The SMILES string of the molecule is CCn1c(SCC(=O)NC(=O)NC(C)(C)C)nnc1-c1ccncc1. The van der Waals surface area contributed by atoms with E-state index in [0.29, 0.717) is 11.7 Å². The predicted octanol–water partition coefficient (Wildman–Crippen LogP) is 2.08. The number of hydrogen-bond donors (Lipinski definition) is 2. The number of hydrogen-bond acceptors (Lipinski definition) is 6. The molecule has 2 heterocycles. The Kier molecular flexibility index (Phi) is 6.13. The van der Waals surface area contributed by atoms with Crippen LogP contribution < -0.4 is 10.6 Å². The summed E-state index contributed by atoms with van der Waals surface area (Å²) in [6.07, 6.45) is 3.39. The number of nitrogens with zero attached hydrogens (tertiary/aromatic N) is 4. The van der Waals surface area contributed by atoms with E-state index in [9.17, 15) is 9.59 Å². The first-order valence-corrected chi connectivity index (χ1v) is 8.87. The molecule has 0 radical (unpaired) electrons. The van der Waals surface area contributed by atoms with Crippen LogP contribution in [0.25, 0.3) is 11.4 Å². The molecular weight excluding hydrogens is 340 g/mol. The van der Waals surface area contributed by atoms with Crippen LogP contribution in [0.3, 0.4) is 0 Å². The van der Waals surface area contributed by atoms with Crippen molar-refractivity contribution < 1.29 is 9.59 Å². The Morgan fingerprint density at radius 2 is 1.88 bits per heavy atom. The largest absolute Gasteiger partial charge is 0.333 e. The Morgan fingerprint density at radius 3 is 2.48 bits per heavy atom. The van der Waals surface area contributed by atoms with E-state index >= 15 is 0 Å². The quantitative estimate of drug-likeness (QED) is 0.790. The molecule has 8 nitrogen and oxygen atoms in total. The Balaban J connectivity index is 1.98. The maximum Gasteiger partial charge on any atom is 0.321 e. The van der Waals surface area contributed by atoms with Gasteiger partial charge in [-0.3, -0.25) is 15.1 Å². The van der Waals surface area contributed by atoms with E-state index in [2.05, 4.69) is 25.8 Å². The monoisotopic (exact) mass is 362 g/mol. The fraction of sp³-hybridized carbons (Fsp3) is 0.438. The highest BCUT2D eigenvalue weighted by molar-refractivity contribution is 7.99. The molecule has 2 aromatic rings. The standard InChI is InChI=1S/C16H22N6O2S/c1-5-22-13(11-6-8-17-9-7-11)20-21-15(22)25-10-12(23)18-14(24)19-16(2,3)4/h6-9H,5,10H2,1-4H3,(H2,18,19,23,24). The Labute approximate surface area is 150 Å². The van der Waals surface area contributed by atoms with Crippen molar-refractivity contribution in [2.75, 3.05) is 5.75 Å². The molecular formula is C16H22N6O2S. The van der Waals surface area contributed by atoms with E-state index in [0.717, 1.165) is 11.4 Å². The highest BCUT2D eigenvalue weighted by Gasteiger charge is 2.17. The van der Waals surface area contributed by atoms with Crippen LogP contribution in [-0.2, 0) is 11.3 Å². The topological polar surface area (TPSA) is 102 Å². The van der Waals surface area contributed by atoms with Crippen LogP contribution in [0.4, 0.5) is 4.79 Å². The lowest BCUT2D eigenvalue weighted by Gasteiger charge is -2.20. The van der Waals surface area contributed by atoms with E-state index in [1.165, 1.54) is 11.8 Å². The minimum absolute atomic E-state index is 0.0754. The Hall–Kier alpha value is -2.42. The van der Waals surface area contributed by atoms with Crippen LogP contribution in [0.1, 0.15) is 27.7 Å². The van der Waals surface area contributed by atoms with E-state index in [1.54, 1.807) is 12.4 Å². The summed E-state index contributed by atoms with van der Waals surface area (Å²) in [4.78, 5) is 27.6. The predicted molar refractivity (Wildman–Crippen MR) is 96.1 cm³/mol. The summed E-state index contributed by atoms with van der Waals surface area (Å²) in [5.41, 5.74) is 0.504. The number of urea groups is 1. The molecule has 9 heteroatoms. The fourth-order valence-corrected chi connectivity index (χ4v) is 2.86. The fourth-order valence-electron chi connectivity index (χ4n) is 2.06. The van der Waals surface area contributed by atoms with Gasteiger partial charge in [-0.25, -0.2) is 4.79 Å². The van der Waals surface area contributed by atoms with Crippen LogP contribution >= 0.6 is 11.8 Å². The summed E-state index contributed by atoms with van der Waals surface area (Å²) in [6.45, 7) is 8.18. The van der Waals surface area contributed by atoms with Crippen LogP contribution in [0.2, 0.25) is 0 Å². The molecule has 0 spiro atoms. The summed E-state index contributed by atoms with van der Waals surface area (Å²) in [5.74, 6) is 0.410. The molecule has 134 valence electrons. The zero-order chi connectivity index (χ0) is 18.4. The summed E-state index contributed by atoms with van der Waals surface area (Å²) >= 11 is 1.24. The van der Waals surface area contributed by atoms with Gasteiger partial charge < -0.3 is 9.88 Å². The number of imide groups is 1. The van der Waals surface area contributed by atoms with Gasteiger partial charge in [0, 0.05) is 30.0 Å². The molecule has 2 N–H and O–H groups in total. The van der Waals surface area contributed by atoms with E-state index < -0.39 is 11.6 Å². The summed E-state index contributed by atoms with van der Waals surface area (Å²) in [6, 6.07) is 3.20. The molecule has 2 rings (SSSR count). The second-order valence-corrected chi connectivity index (χ2v) is 7.27. The molecule has 0 saturated heterocycles. The maximum absolute atomic E-state index is 11.9. The highest BCUT2D eigenvalue weighted by Crippen LogP contribution is 2.23. The van der Waals surface area contributed by atoms with Crippen molar-refractivity contribution in [3.8, 4) is 11.4 Å². The maximum atomic E-state index is 11.9. The molecule has 0 bridgehead atoms. The molecule has 0 aromatic carbocycles.